The van der Waals surface area contributed by atoms with Crippen molar-refractivity contribution in [1.29, 1.82) is 0 Å². The molecule has 0 aliphatic rings. The fraction of sp³-hybridized carbons (Fsp3) is 0.105. The molecule has 2 aromatic heterocycles. The van der Waals surface area contributed by atoms with Crippen LogP contribution in [-0.4, -0.2) is 15.9 Å². The Kier molecular flexibility index (Phi) is 4.07. The molecule has 0 fully saturated rings. The van der Waals surface area contributed by atoms with E-state index in [9.17, 15) is 4.79 Å². The molecule has 0 saturated carbocycles. The summed E-state index contributed by atoms with van der Waals surface area (Å²) < 4.78 is 1.07. The Hall–Kier alpha value is -2.57. The predicted molar refractivity (Wildman–Crippen MR) is 105 cm³/mol. The quantitative estimate of drug-likeness (QED) is 0.537. The monoisotopic (exact) mass is 365 g/mol. The molecule has 1 amide bonds. The molecule has 0 bridgehead atoms. The van der Waals surface area contributed by atoms with Crippen LogP contribution >= 0.6 is 22.7 Å². The fourth-order valence-electron chi connectivity index (χ4n) is 2.55. The second-order valence-corrected chi connectivity index (χ2v) is 7.77. The first kappa shape index (κ1) is 15.9. The van der Waals surface area contributed by atoms with Crippen molar-refractivity contribution >= 4 is 43.9 Å². The van der Waals surface area contributed by atoms with E-state index in [1.54, 1.807) is 0 Å². The molecule has 0 atom stereocenters. The zero-order valence-corrected chi connectivity index (χ0v) is 15.4. The third-order valence-electron chi connectivity index (χ3n) is 3.79. The zero-order chi connectivity index (χ0) is 17.4. The zero-order valence-electron chi connectivity index (χ0n) is 13.7. The summed E-state index contributed by atoms with van der Waals surface area (Å²) in [6.07, 6.45) is 0. The van der Waals surface area contributed by atoms with Gasteiger partial charge in [-0.25, -0.2) is 9.97 Å². The second-order valence-electron chi connectivity index (χ2n) is 5.74. The molecule has 0 saturated heterocycles. The van der Waals surface area contributed by atoms with Gasteiger partial charge in [0.25, 0.3) is 5.91 Å². The van der Waals surface area contributed by atoms with Crippen LogP contribution in [0.3, 0.4) is 0 Å². The number of fused-ring (bicyclic) bond motifs is 1. The number of nitrogens with zero attached hydrogens (tertiary/aromatic N) is 2. The smallest absolute Gasteiger partial charge is 0.269 e. The Morgan fingerprint density at radius 2 is 1.80 bits per heavy atom. The molecule has 0 radical (unpaired) electrons. The lowest BCUT2D eigenvalue weighted by Crippen LogP contribution is -2.11. The van der Waals surface area contributed by atoms with E-state index in [4.69, 9.17) is 0 Å². The van der Waals surface area contributed by atoms with E-state index in [0.29, 0.717) is 10.0 Å². The minimum absolute atomic E-state index is 0.159. The molecule has 0 spiro atoms. The minimum Gasteiger partial charge on any atom is -0.297 e. The minimum atomic E-state index is -0.159. The molecule has 6 heteroatoms. The van der Waals surface area contributed by atoms with Gasteiger partial charge < -0.3 is 0 Å². The van der Waals surface area contributed by atoms with Crippen LogP contribution in [0, 0.1) is 13.8 Å². The molecule has 0 unspecified atom stereocenters. The van der Waals surface area contributed by atoms with Gasteiger partial charge in [0.15, 0.2) is 5.13 Å². The first-order valence-electron chi connectivity index (χ1n) is 7.81. The first-order valence-corrected chi connectivity index (χ1v) is 9.45. The van der Waals surface area contributed by atoms with E-state index in [0.717, 1.165) is 26.5 Å². The van der Waals surface area contributed by atoms with Crippen molar-refractivity contribution in [1.82, 2.24) is 9.97 Å². The Labute approximate surface area is 153 Å². The average molecular weight is 365 g/mol. The Bertz CT molecular complexity index is 1070. The molecule has 4 aromatic rings. The van der Waals surface area contributed by atoms with Crippen molar-refractivity contribution in [2.24, 2.45) is 0 Å². The lowest BCUT2D eigenvalue weighted by atomic mass is 10.2. The summed E-state index contributed by atoms with van der Waals surface area (Å²) in [6.45, 7) is 3.91. The average Bonchev–Trinajstić information content (AvgIpc) is 3.18. The summed E-state index contributed by atoms with van der Waals surface area (Å²) in [5.74, 6) is -0.159. The standard InChI is InChI=1S/C19H15N3OS2/c1-11-8-9-14-15(10-11)24-19(21-14)22-17(23)16-12(2)20-18(25-16)13-6-4-3-5-7-13/h3-10H,1-2H3,(H,21,22,23). The number of carbonyl (C=O) groups is 1. The number of carbonyl (C=O) groups excluding carboxylic acids is 1. The molecule has 1 N–H and O–H groups in total. The summed E-state index contributed by atoms with van der Waals surface area (Å²) in [4.78, 5) is 22.3. The van der Waals surface area contributed by atoms with Gasteiger partial charge in [-0.3, -0.25) is 10.1 Å². The summed E-state index contributed by atoms with van der Waals surface area (Å²) in [6, 6.07) is 16.0. The molecule has 0 aliphatic heterocycles. The first-order chi connectivity index (χ1) is 12.1. The highest BCUT2D eigenvalue weighted by Crippen LogP contribution is 2.30. The lowest BCUT2D eigenvalue weighted by Gasteiger charge is -1.98. The molecule has 2 aromatic carbocycles. The SMILES string of the molecule is Cc1ccc2nc(NC(=O)c3sc(-c4ccccc4)nc3C)sc2c1. The number of thiazole rings is 2. The van der Waals surface area contributed by atoms with Gasteiger partial charge in [0, 0.05) is 5.56 Å². The number of nitrogens with one attached hydrogen (secondary N) is 1. The summed E-state index contributed by atoms with van der Waals surface area (Å²) >= 11 is 2.89. The number of anilines is 1. The molecule has 124 valence electrons. The van der Waals surface area contributed by atoms with Gasteiger partial charge in [-0.1, -0.05) is 47.7 Å². The summed E-state index contributed by atoms with van der Waals surface area (Å²) in [7, 11) is 0. The lowest BCUT2D eigenvalue weighted by molar-refractivity contribution is 0.103. The largest absolute Gasteiger partial charge is 0.297 e. The number of rotatable bonds is 3. The van der Waals surface area contributed by atoms with Crippen LogP contribution in [0.15, 0.2) is 48.5 Å². The van der Waals surface area contributed by atoms with Crippen LogP contribution < -0.4 is 5.32 Å². The number of hydrogen-bond donors (Lipinski definition) is 1. The number of aromatic nitrogens is 2. The van der Waals surface area contributed by atoms with Crippen LogP contribution in [0.4, 0.5) is 5.13 Å². The maximum atomic E-state index is 12.6. The maximum Gasteiger partial charge on any atom is 0.269 e. The van der Waals surface area contributed by atoms with E-state index in [2.05, 4.69) is 21.4 Å². The van der Waals surface area contributed by atoms with E-state index in [1.165, 1.54) is 28.2 Å². The highest BCUT2D eigenvalue weighted by Gasteiger charge is 2.17. The number of benzene rings is 2. The van der Waals surface area contributed by atoms with Crippen molar-refractivity contribution < 1.29 is 4.79 Å². The van der Waals surface area contributed by atoms with Crippen LogP contribution in [0.5, 0.6) is 0 Å². The Balaban J connectivity index is 1.61. The van der Waals surface area contributed by atoms with Crippen LogP contribution in [0.25, 0.3) is 20.8 Å². The second kappa shape index (κ2) is 6.38. The third kappa shape index (κ3) is 3.18. The van der Waals surface area contributed by atoms with Gasteiger partial charge in [-0.2, -0.15) is 0 Å². The number of hydrogen-bond acceptors (Lipinski definition) is 5. The summed E-state index contributed by atoms with van der Waals surface area (Å²) in [5.41, 5.74) is 3.83. The van der Waals surface area contributed by atoms with E-state index in [1.807, 2.05) is 56.3 Å². The number of amides is 1. The van der Waals surface area contributed by atoms with Crippen molar-refractivity contribution in [3.8, 4) is 10.6 Å². The van der Waals surface area contributed by atoms with Crippen molar-refractivity contribution in [2.75, 3.05) is 5.32 Å². The molecule has 25 heavy (non-hydrogen) atoms. The Morgan fingerprint density at radius 3 is 2.60 bits per heavy atom. The Morgan fingerprint density at radius 1 is 1.00 bits per heavy atom. The van der Waals surface area contributed by atoms with Crippen LogP contribution in [-0.2, 0) is 0 Å². The summed E-state index contributed by atoms with van der Waals surface area (Å²) in [5, 5.41) is 4.37. The van der Waals surface area contributed by atoms with Crippen molar-refractivity contribution in [2.45, 2.75) is 13.8 Å². The molecular formula is C19H15N3OS2. The predicted octanol–water partition coefficient (Wildman–Crippen LogP) is 5.29. The van der Waals surface area contributed by atoms with Crippen molar-refractivity contribution in [3.63, 3.8) is 0 Å². The van der Waals surface area contributed by atoms with E-state index in [-0.39, 0.29) is 5.91 Å². The molecule has 2 heterocycles. The number of aryl methyl sites for hydroxylation is 2. The normalized spacial score (nSPS) is 11.0. The molecular weight excluding hydrogens is 350 g/mol. The molecule has 0 aliphatic carbocycles. The van der Waals surface area contributed by atoms with Crippen molar-refractivity contribution in [3.05, 3.63) is 64.7 Å². The fourth-order valence-corrected chi connectivity index (χ4v) is 4.48. The van der Waals surface area contributed by atoms with Gasteiger partial charge in [-0.15, -0.1) is 11.3 Å². The highest BCUT2D eigenvalue weighted by molar-refractivity contribution is 7.22. The van der Waals surface area contributed by atoms with E-state index >= 15 is 0 Å². The van der Waals surface area contributed by atoms with Gasteiger partial charge in [0.2, 0.25) is 0 Å². The molecule has 4 nitrogen and oxygen atoms in total. The molecule has 4 rings (SSSR count). The third-order valence-corrected chi connectivity index (χ3v) is 5.93. The van der Waals surface area contributed by atoms with Gasteiger partial charge in [0.1, 0.15) is 9.88 Å². The maximum absolute atomic E-state index is 12.6. The highest BCUT2D eigenvalue weighted by atomic mass is 32.1. The van der Waals surface area contributed by atoms with Crippen LogP contribution in [0.1, 0.15) is 20.9 Å². The topological polar surface area (TPSA) is 54.9 Å². The van der Waals surface area contributed by atoms with Crippen LogP contribution in [0.2, 0.25) is 0 Å². The van der Waals surface area contributed by atoms with Gasteiger partial charge in [0.05, 0.1) is 15.9 Å². The van der Waals surface area contributed by atoms with Gasteiger partial charge in [-0.05, 0) is 31.5 Å². The van der Waals surface area contributed by atoms with E-state index < -0.39 is 0 Å². The van der Waals surface area contributed by atoms with Gasteiger partial charge >= 0.3 is 0 Å².